The van der Waals surface area contributed by atoms with Gasteiger partial charge in [-0.25, -0.2) is 23.4 Å². The molecule has 0 radical (unpaired) electrons. The van der Waals surface area contributed by atoms with E-state index in [0.717, 1.165) is 16.6 Å². The van der Waals surface area contributed by atoms with E-state index in [-0.39, 0.29) is 12.1 Å². The topological polar surface area (TPSA) is 122 Å². The minimum Gasteiger partial charge on any atom is -0.486 e. The maximum atomic E-state index is 12.9. The van der Waals surface area contributed by atoms with Crippen LogP contribution < -0.4 is 15.0 Å². The lowest BCUT2D eigenvalue weighted by Crippen LogP contribution is -2.56. The molecule has 5 rings (SSSR count). The number of H-pyrrole nitrogens is 1. The average molecular weight is 487 g/mol. The molecular formula is C23H30N6O4S. The normalized spacial score (nSPS) is 20.6. The first-order valence-electron chi connectivity index (χ1n) is 11.4. The van der Waals surface area contributed by atoms with Crippen LogP contribution in [0.5, 0.6) is 5.75 Å². The number of fused-ring (bicyclic) bond motifs is 4. The number of anilines is 2. The van der Waals surface area contributed by atoms with E-state index in [9.17, 15) is 8.42 Å². The number of rotatable bonds is 5. The number of nitrogens with one attached hydrogen (secondary N) is 2. The lowest BCUT2D eigenvalue weighted by molar-refractivity contribution is 0.0482. The molecule has 2 aliphatic rings. The summed E-state index contributed by atoms with van der Waals surface area (Å²) in [6.07, 6.45) is 4.80. The number of morpholine rings is 1. The maximum absolute atomic E-state index is 12.9. The second kappa shape index (κ2) is 8.09. The van der Waals surface area contributed by atoms with Crippen LogP contribution in [0, 0.1) is 0 Å². The fraction of sp³-hybridized carbons (Fsp3) is 0.522. The summed E-state index contributed by atoms with van der Waals surface area (Å²) in [4.78, 5) is 19.7. The van der Waals surface area contributed by atoms with Gasteiger partial charge in [-0.05, 0) is 33.8 Å². The molecule has 0 saturated carbocycles. The zero-order valence-corrected chi connectivity index (χ0v) is 20.9. The number of hydrogen-bond donors (Lipinski definition) is 2. The van der Waals surface area contributed by atoms with Crippen molar-refractivity contribution in [1.29, 1.82) is 0 Å². The number of sulfone groups is 1. The molecule has 11 heteroatoms. The first-order valence-corrected chi connectivity index (χ1v) is 13.3. The van der Waals surface area contributed by atoms with Gasteiger partial charge in [0.1, 0.15) is 22.7 Å². The van der Waals surface area contributed by atoms with Gasteiger partial charge in [0.15, 0.2) is 27.2 Å². The number of hydrogen-bond acceptors (Lipinski definition) is 9. The lowest BCUT2D eigenvalue weighted by Gasteiger charge is -2.45. The zero-order chi connectivity index (χ0) is 24.3. The van der Waals surface area contributed by atoms with Crippen molar-refractivity contribution in [2.75, 3.05) is 42.8 Å². The van der Waals surface area contributed by atoms with Crippen molar-refractivity contribution in [3.63, 3.8) is 0 Å². The minimum absolute atomic E-state index is 0.00819. The Labute approximate surface area is 199 Å². The molecule has 0 aliphatic carbocycles. The van der Waals surface area contributed by atoms with Crippen molar-refractivity contribution in [2.45, 2.75) is 44.5 Å². The van der Waals surface area contributed by atoms with Crippen LogP contribution in [0.2, 0.25) is 0 Å². The highest BCUT2D eigenvalue weighted by atomic mass is 32.2. The smallest absolute Gasteiger partial charge is 0.185 e. The van der Waals surface area contributed by atoms with Crippen LogP contribution >= 0.6 is 0 Å². The van der Waals surface area contributed by atoms with Gasteiger partial charge in [0.05, 0.1) is 42.7 Å². The summed E-state index contributed by atoms with van der Waals surface area (Å²) in [5.74, 6) is 1.46. The highest BCUT2D eigenvalue weighted by molar-refractivity contribution is 7.91. The van der Waals surface area contributed by atoms with E-state index in [0.29, 0.717) is 55.1 Å². The number of aromatic amines is 1. The van der Waals surface area contributed by atoms with Crippen molar-refractivity contribution in [1.82, 2.24) is 19.9 Å². The highest BCUT2D eigenvalue weighted by Crippen LogP contribution is 2.45. The van der Waals surface area contributed by atoms with E-state index < -0.39 is 14.6 Å². The van der Waals surface area contributed by atoms with Crippen LogP contribution in [0.15, 0.2) is 18.5 Å². The summed E-state index contributed by atoms with van der Waals surface area (Å²) in [6, 6.07) is 1.97. The fourth-order valence-corrected chi connectivity index (χ4v) is 5.09. The second-order valence-corrected chi connectivity index (χ2v) is 12.0. The fourth-order valence-electron chi connectivity index (χ4n) is 4.60. The van der Waals surface area contributed by atoms with Crippen molar-refractivity contribution in [3.05, 3.63) is 24.2 Å². The molecule has 3 aromatic rings. The summed E-state index contributed by atoms with van der Waals surface area (Å²) in [5.41, 5.74) is 2.61. The summed E-state index contributed by atoms with van der Waals surface area (Å²) in [7, 11) is -3.53. The maximum Gasteiger partial charge on any atom is 0.185 e. The van der Waals surface area contributed by atoms with Crippen molar-refractivity contribution >= 4 is 32.4 Å². The number of ether oxygens (including phenoxy) is 2. The molecule has 5 heterocycles. The molecule has 2 aliphatic heterocycles. The molecule has 34 heavy (non-hydrogen) atoms. The first-order chi connectivity index (χ1) is 16.1. The Morgan fingerprint density at radius 2 is 2.06 bits per heavy atom. The van der Waals surface area contributed by atoms with Crippen molar-refractivity contribution in [3.8, 4) is 17.1 Å². The molecule has 2 atom stereocenters. The minimum atomic E-state index is -3.53. The summed E-state index contributed by atoms with van der Waals surface area (Å²) >= 11 is 0. The van der Waals surface area contributed by atoms with Gasteiger partial charge in [0, 0.05) is 24.4 Å². The molecule has 182 valence electrons. The van der Waals surface area contributed by atoms with Gasteiger partial charge >= 0.3 is 0 Å². The third-order valence-corrected chi connectivity index (χ3v) is 8.77. The molecule has 3 aromatic heterocycles. The van der Waals surface area contributed by atoms with Gasteiger partial charge in [-0.2, -0.15) is 0 Å². The van der Waals surface area contributed by atoms with Crippen molar-refractivity contribution < 1.29 is 17.9 Å². The standard InChI is InChI=1S/C23H30N6O4S/c1-6-24-16-9-26-20-15(7-8-25-20)17(16)21-27-19(23(3,4)34(5,30)31)18-22(28-21)29-13(2)10-32-11-14(29)12-33-18/h7-9,13-14,24H,6,10-12H2,1-5H3,(H,25,26)/t13-,14+/m1/s1. The van der Waals surface area contributed by atoms with E-state index in [1.165, 1.54) is 6.26 Å². The van der Waals surface area contributed by atoms with E-state index in [4.69, 9.17) is 19.4 Å². The monoisotopic (exact) mass is 486 g/mol. The molecule has 0 spiro atoms. The quantitative estimate of drug-likeness (QED) is 0.560. The van der Waals surface area contributed by atoms with Crippen LogP contribution in [-0.4, -0.2) is 73.1 Å². The highest BCUT2D eigenvalue weighted by Gasteiger charge is 2.44. The van der Waals surface area contributed by atoms with Crippen LogP contribution in [0.1, 0.15) is 33.4 Å². The first kappa shape index (κ1) is 22.9. The van der Waals surface area contributed by atoms with E-state index >= 15 is 0 Å². The van der Waals surface area contributed by atoms with E-state index in [1.807, 2.05) is 19.2 Å². The van der Waals surface area contributed by atoms with E-state index in [2.05, 4.69) is 27.1 Å². The number of nitrogens with zero attached hydrogens (tertiary/aromatic N) is 4. The van der Waals surface area contributed by atoms with Crippen LogP contribution in [0.25, 0.3) is 22.4 Å². The van der Waals surface area contributed by atoms with Gasteiger partial charge in [-0.3, -0.25) is 0 Å². The van der Waals surface area contributed by atoms with E-state index in [1.54, 1.807) is 20.0 Å². The SMILES string of the molecule is CCNc1cnc2[nH]ccc2c1-c1nc2c(c(C(C)(C)S(C)(=O)=O)n1)OC[C@@H]1COC[C@@H](C)N21. The Kier molecular flexibility index (Phi) is 5.44. The Hall–Kier alpha value is -2.92. The predicted octanol–water partition coefficient (Wildman–Crippen LogP) is 2.72. The molecule has 0 unspecified atom stereocenters. The van der Waals surface area contributed by atoms with Crippen LogP contribution in [-0.2, 0) is 19.3 Å². The molecular weight excluding hydrogens is 456 g/mol. The number of aromatic nitrogens is 4. The Morgan fingerprint density at radius 1 is 1.26 bits per heavy atom. The Morgan fingerprint density at radius 3 is 2.79 bits per heavy atom. The Bertz CT molecular complexity index is 1350. The predicted molar refractivity (Wildman–Crippen MR) is 131 cm³/mol. The summed E-state index contributed by atoms with van der Waals surface area (Å²) in [6.45, 7) is 9.55. The number of pyridine rings is 1. The summed E-state index contributed by atoms with van der Waals surface area (Å²) in [5, 5.41) is 4.20. The lowest BCUT2D eigenvalue weighted by atomic mass is 10.0. The average Bonchev–Trinajstić information content (AvgIpc) is 3.26. The van der Waals surface area contributed by atoms with Gasteiger partial charge < -0.3 is 24.7 Å². The molecule has 1 saturated heterocycles. The van der Waals surface area contributed by atoms with Gasteiger partial charge in [0.2, 0.25) is 0 Å². The van der Waals surface area contributed by atoms with Crippen LogP contribution in [0.4, 0.5) is 11.5 Å². The Balaban J connectivity index is 1.84. The molecule has 0 bridgehead atoms. The van der Waals surface area contributed by atoms with Crippen LogP contribution in [0.3, 0.4) is 0 Å². The van der Waals surface area contributed by atoms with Gasteiger partial charge in [0.25, 0.3) is 0 Å². The zero-order valence-electron chi connectivity index (χ0n) is 20.0. The third-order valence-electron chi connectivity index (χ3n) is 6.72. The van der Waals surface area contributed by atoms with Gasteiger partial charge in [-0.15, -0.1) is 0 Å². The third kappa shape index (κ3) is 3.49. The largest absolute Gasteiger partial charge is 0.486 e. The summed E-state index contributed by atoms with van der Waals surface area (Å²) < 4.78 is 36.4. The molecule has 0 aromatic carbocycles. The molecule has 2 N–H and O–H groups in total. The van der Waals surface area contributed by atoms with Gasteiger partial charge in [-0.1, -0.05) is 0 Å². The second-order valence-electron chi connectivity index (χ2n) is 9.41. The van der Waals surface area contributed by atoms with Crippen molar-refractivity contribution in [2.24, 2.45) is 0 Å². The molecule has 10 nitrogen and oxygen atoms in total. The molecule has 0 amide bonds. The molecule has 1 fully saturated rings.